The third-order valence-electron chi connectivity index (χ3n) is 6.34. The molecule has 10 nitrogen and oxygen atoms in total. The number of piperidine rings is 1. The maximum atomic E-state index is 12.5. The number of likely N-dealkylation sites (tertiary alicyclic amines) is 1. The van der Waals surface area contributed by atoms with Gasteiger partial charge in [0.25, 0.3) is 0 Å². The van der Waals surface area contributed by atoms with Crippen molar-refractivity contribution in [2.75, 3.05) is 25.0 Å². The molecule has 2 amide bonds. The van der Waals surface area contributed by atoms with Gasteiger partial charge in [-0.05, 0) is 49.3 Å². The summed E-state index contributed by atoms with van der Waals surface area (Å²) >= 11 is 0. The van der Waals surface area contributed by atoms with Crippen LogP contribution in [0.15, 0.2) is 53.7 Å². The van der Waals surface area contributed by atoms with Gasteiger partial charge >= 0.3 is 6.09 Å². The van der Waals surface area contributed by atoms with Crippen LogP contribution in [-0.2, 0) is 22.5 Å². The minimum Gasteiger partial charge on any atom is -0.449 e. The number of ether oxygens (including phenoxy) is 1. The molecule has 0 bridgehead atoms. The average Bonchev–Trinajstić information content (AvgIpc) is 3.38. The molecule has 3 heterocycles. The summed E-state index contributed by atoms with van der Waals surface area (Å²) in [4.78, 5) is 38.9. The lowest BCUT2D eigenvalue weighted by Gasteiger charge is -2.26. The van der Waals surface area contributed by atoms with E-state index in [1.54, 1.807) is 33.9 Å². The Morgan fingerprint density at radius 1 is 1.13 bits per heavy atom. The van der Waals surface area contributed by atoms with E-state index in [4.69, 9.17) is 4.74 Å². The SMILES string of the molecule is CC(C)COC(=O)Nc1cccc(Cc2nn(-c3cnn(CCCC(=O)N4CCCCC4)c3)ccc2=O)c1. The molecule has 0 aliphatic carbocycles. The monoisotopic (exact) mass is 520 g/mol. The molecule has 0 saturated carbocycles. The van der Waals surface area contributed by atoms with E-state index < -0.39 is 6.09 Å². The fourth-order valence-electron chi connectivity index (χ4n) is 4.35. The van der Waals surface area contributed by atoms with E-state index in [0.29, 0.717) is 43.8 Å². The quantitative estimate of drug-likeness (QED) is 0.432. The first-order valence-electron chi connectivity index (χ1n) is 13.3. The first-order chi connectivity index (χ1) is 18.4. The van der Waals surface area contributed by atoms with Crippen molar-refractivity contribution in [3.63, 3.8) is 0 Å². The highest BCUT2D eigenvalue weighted by atomic mass is 16.5. The molecular formula is C28H36N6O4. The molecule has 1 saturated heterocycles. The molecule has 38 heavy (non-hydrogen) atoms. The smallest absolute Gasteiger partial charge is 0.411 e. The minimum atomic E-state index is -0.510. The van der Waals surface area contributed by atoms with Gasteiger partial charge in [0.05, 0.1) is 19.0 Å². The number of aryl methyl sites for hydroxylation is 1. The second kappa shape index (κ2) is 13.0. The molecule has 1 N–H and O–H groups in total. The van der Waals surface area contributed by atoms with Gasteiger partial charge < -0.3 is 9.64 Å². The first-order valence-corrected chi connectivity index (χ1v) is 13.3. The lowest BCUT2D eigenvalue weighted by molar-refractivity contribution is -0.132. The number of rotatable bonds is 10. The Bertz CT molecular complexity index is 1290. The summed E-state index contributed by atoms with van der Waals surface area (Å²) < 4.78 is 8.60. The number of nitrogens with one attached hydrogen (secondary N) is 1. The fourth-order valence-corrected chi connectivity index (χ4v) is 4.35. The van der Waals surface area contributed by atoms with Crippen LogP contribution in [0.25, 0.3) is 5.69 Å². The zero-order valence-electron chi connectivity index (χ0n) is 22.1. The summed E-state index contributed by atoms with van der Waals surface area (Å²) in [6.07, 6.45) is 9.60. The lowest BCUT2D eigenvalue weighted by Crippen LogP contribution is -2.35. The van der Waals surface area contributed by atoms with E-state index in [1.807, 2.05) is 37.1 Å². The van der Waals surface area contributed by atoms with Gasteiger partial charge in [-0.3, -0.25) is 19.6 Å². The molecule has 1 aromatic carbocycles. The molecule has 1 aliphatic heterocycles. The van der Waals surface area contributed by atoms with Crippen LogP contribution in [0.2, 0.25) is 0 Å². The van der Waals surface area contributed by atoms with Gasteiger partial charge in [-0.1, -0.05) is 26.0 Å². The molecule has 3 aromatic rings. The molecule has 2 aromatic heterocycles. The van der Waals surface area contributed by atoms with E-state index in [1.165, 1.54) is 12.5 Å². The number of aromatic nitrogens is 4. The number of hydrogen-bond donors (Lipinski definition) is 1. The van der Waals surface area contributed by atoms with E-state index in [9.17, 15) is 14.4 Å². The van der Waals surface area contributed by atoms with Crippen LogP contribution in [0.1, 0.15) is 57.2 Å². The summed E-state index contributed by atoms with van der Waals surface area (Å²) in [6, 6.07) is 8.76. The van der Waals surface area contributed by atoms with Crippen LogP contribution in [-0.4, -0.2) is 56.2 Å². The molecule has 202 valence electrons. The fraction of sp³-hybridized carbons (Fsp3) is 0.464. The lowest BCUT2D eigenvalue weighted by atomic mass is 10.1. The predicted molar refractivity (Wildman–Crippen MR) is 144 cm³/mol. The topological polar surface area (TPSA) is 111 Å². The highest BCUT2D eigenvalue weighted by Crippen LogP contribution is 2.15. The predicted octanol–water partition coefficient (Wildman–Crippen LogP) is 4.02. The summed E-state index contributed by atoms with van der Waals surface area (Å²) in [6.45, 7) is 6.65. The highest BCUT2D eigenvalue weighted by molar-refractivity contribution is 5.84. The standard InChI is InChI=1S/C28H36N6O4/c1-21(2)20-38-28(37)30-23-9-6-8-22(16-23)17-25-26(35)11-15-34(31-25)24-18-29-33(19-24)14-7-10-27(36)32-12-4-3-5-13-32/h6,8-9,11,15-16,18-19,21H,3-5,7,10,12-14,17,20H2,1-2H3,(H,30,37). The van der Waals surface area contributed by atoms with Crippen molar-refractivity contribution in [3.8, 4) is 5.69 Å². The van der Waals surface area contributed by atoms with Crippen molar-refractivity contribution < 1.29 is 14.3 Å². The van der Waals surface area contributed by atoms with E-state index in [0.717, 1.165) is 37.2 Å². The van der Waals surface area contributed by atoms with Crippen LogP contribution in [0, 0.1) is 5.92 Å². The minimum absolute atomic E-state index is 0.167. The number of hydrogen-bond acceptors (Lipinski definition) is 6. The Labute approximate surface area is 222 Å². The molecule has 0 spiro atoms. The molecular weight excluding hydrogens is 484 g/mol. The summed E-state index contributed by atoms with van der Waals surface area (Å²) in [5.41, 5.74) is 2.37. The first kappa shape index (κ1) is 27.1. The van der Waals surface area contributed by atoms with E-state index in [2.05, 4.69) is 15.5 Å². The van der Waals surface area contributed by atoms with Gasteiger partial charge in [0, 0.05) is 50.4 Å². The molecule has 1 fully saturated rings. The molecule has 1 aliphatic rings. The molecule has 4 rings (SSSR count). The largest absolute Gasteiger partial charge is 0.449 e. The van der Waals surface area contributed by atoms with Gasteiger partial charge in [-0.25, -0.2) is 9.48 Å². The van der Waals surface area contributed by atoms with Gasteiger partial charge in [0.2, 0.25) is 11.3 Å². The van der Waals surface area contributed by atoms with Crippen molar-refractivity contribution in [1.29, 1.82) is 0 Å². The Kier molecular flexibility index (Phi) is 9.29. The van der Waals surface area contributed by atoms with Crippen LogP contribution < -0.4 is 10.7 Å². The van der Waals surface area contributed by atoms with Gasteiger partial charge in [0.15, 0.2) is 0 Å². The second-order valence-corrected chi connectivity index (χ2v) is 10.1. The number of carbonyl (C=O) groups excluding carboxylic acids is 2. The number of carbonyl (C=O) groups is 2. The van der Waals surface area contributed by atoms with Crippen LogP contribution in [0.4, 0.5) is 10.5 Å². The molecule has 10 heteroatoms. The maximum Gasteiger partial charge on any atom is 0.411 e. The van der Waals surface area contributed by atoms with E-state index in [-0.39, 0.29) is 17.3 Å². The number of amides is 2. The normalized spacial score (nSPS) is 13.5. The summed E-state index contributed by atoms with van der Waals surface area (Å²) in [5.74, 6) is 0.467. The Morgan fingerprint density at radius 3 is 2.74 bits per heavy atom. The number of benzene rings is 1. The zero-order valence-corrected chi connectivity index (χ0v) is 22.1. The van der Waals surface area contributed by atoms with Crippen molar-refractivity contribution in [3.05, 3.63) is 70.4 Å². The maximum absolute atomic E-state index is 12.5. The van der Waals surface area contributed by atoms with Crippen LogP contribution >= 0.6 is 0 Å². The average molecular weight is 521 g/mol. The van der Waals surface area contributed by atoms with Crippen molar-refractivity contribution in [1.82, 2.24) is 24.5 Å². The van der Waals surface area contributed by atoms with Crippen molar-refractivity contribution in [2.45, 2.75) is 58.9 Å². The zero-order chi connectivity index (χ0) is 26.9. The number of anilines is 1. The summed E-state index contributed by atoms with van der Waals surface area (Å²) in [7, 11) is 0. The second-order valence-electron chi connectivity index (χ2n) is 10.1. The highest BCUT2D eigenvalue weighted by Gasteiger charge is 2.16. The Morgan fingerprint density at radius 2 is 1.95 bits per heavy atom. The Hall–Kier alpha value is -3.95. The molecule has 0 atom stereocenters. The van der Waals surface area contributed by atoms with Crippen molar-refractivity contribution in [2.24, 2.45) is 5.92 Å². The third-order valence-corrected chi connectivity index (χ3v) is 6.34. The van der Waals surface area contributed by atoms with E-state index >= 15 is 0 Å². The molecule has 0 radical (unpaired) electrons. The van der Waals surface area contributed by atoms with Crippen LogP contribution in [0.5, 0.6) is 0 Å². The third kappa shape index (κ3) is 7.77. The van der Waals surface area contributed by atoms with Gasteiger partial charge in [-0.2, -0.15) is 10.2 Å². The molecule has 0 unspecified atom stereocenters. The number of nitrogens with zero attached hydrogens (tertiary/aromatic N) is 5. The Balaban J connectivity index is 1.35. The summed E-state index contributed by atoms with van der Waals surface area (Å²) in [5, 5.41) is 11.7. The van der Waals surface area contributed by atoms with Gasteiger partial charge in [-0.15, -0.1) is 0 Å². The van der Waals surface area contributed by atoms with Crippen LogP contribution in [0.3, 0.4) is 0 Å². The van der Waals surface area contributed by atoms with Crippen molar-refractivity contribution >= 4 is 17.7 Å². The van der Waals surface area contributed by atoms with Gasteiger partial charge in [0.1, 0.15) is 11.4 Å².